The van der Waals surface area contributed by atoms with E-state index in [1.54, 1.807) is 6.92 Å². The molecule has 0 saturated carbocycles. The van der Waals surface area contributed by atoms with Gasteiger partial charge in [0, 0.05) is 29.4 Å². The number of carbonyl (C=O) groups excluding carboxylic acids is 2. The van der Waals surface area contributed by atoms with Crippen molar-refractivity contribution in [1.82, 2.24) is 10.3 Å². The Morgan fingerprint density at radius 2 is 1.96 bits per heavy atom. The average molecular weight is 312 g/mol. The third-order valence-electron chi connectivity index (χ3n) is 4.16. The van der Waals surface area contributed by atoms with Gasteiger partial charge in [0.05, 0.1) is 6.04 Å². The molecule has 122 valence electrons. The first-order valence-electron chi connectivity index (χ1n) is 7.82. The van der Waals surface area contributed by atoms with E-state index in [0.29, 0.717) is 6.42 Å². The van der Waals surface area contributed by atoms with Crippen LogP contribution in [0.2, 0.25) is 0 Å². The number of hydrogen-bond acceptors (Lipinski definition) is 2. The van der Waals surface area contributed by atoms with Crippen molar-refractivity contribution in [2.45, 2.75) is 40.2 Å². The second-order valence-electron chi connectivity index (χ2n) is 6.51. The molecule has 0 aliphatic heterocycles. The molecule has 2 rings (SSSR count). The van der Waals surface area contributed by atoms with Crippen molar-refractivity contribution in [2.24, 2.45) is 5.41 Å². The number of rotatable bonds is 6. The smallest absolute Gasteiger partial charge is 0.217 e. The van der Waals surface area contributed by atoms with Crippen LogP contribution < -0.4 is 5.32 Å². The molecule has 23 heavy (non-hydrogen) atoms. The Hall–Kier alpha value is -2.36. The van der Waals surface area contributed by atoms with Crippen LogP contribution in [0.4, 0.5) is 0 Å². The van der Waals surface area contributed by atoms with Gasteiger partial charge in [-0.25, -0.2) is 0 Å². The zero-order valence-electron chi connectivity index (χ0n) is 14.1. The summed E-state index contributed by atoms with van der Waals surface area (Å²) in [5.41, 5.74) is 1.69. The zero-order chi connectivity index (χ0) is 17.0. The van der Waals surface area contributed by atoms with Crippen molar-refractivity contribution >= 4 is 22.6 Å². The van der Waals surface area contributed by atoms with Gasteiger partial charge < -0.3 is 10.3 Å². The van der Waals surface area contributed by atoms with Crippen LogP contribution >= 0.6 is 0 Å². The number of amides is 1. The average Bonchev–Trinajstić information content (AvgIpc) is 2.87. The molecule has 0 unspecified atom stereocenters. The lowest BCUT2D eigenvalue weighted by Crippen LogP contribution is -2.33. The molecule has 4 heteroatoms. The Morgan fingerprint density at radius 1 is 1.26 bits per heavy atom. The maximum Gasteiger partial charge on any atom is 0.217 e. The molecule has 0 bridgehead atoms. The number of carbonyl (C=O) groups is 2. The first kappa shape index (κ1) is 17.0. The topological polar surface area (TPSA) is 62.0 Å². The van der Waals surface area contributed by atoms with Gasteiger partial charge >= 0.3 is 0 Å². The number of fused-ring (bicyclic) bond motifs is 1. The largest absolute Gasteiger partial charge is 0.361 e. The lowest BCUT2D eigenvalue weighted by molar-refractivity contribution is -0.122. The van der Waals surface area contributed by atoms with Crippen LogP contribution in [-0.2, 0) is 16.0 Å². The first-order chi connectivity index (χ1) is 10.8. The van der Waals surface area contributed by atoms with Crippen molar-refractivity contribution in [3.05, 3.63) is 48.2 Å². The summed E-state index contributed by atoms with van der Waals surface area (Å²) in [5.74, 6) is 0.0162. The van der Waals surface area contributed by atoms with Crippen molar-refractivity contribution in [2.75, 3.05) is 0 Å². The number of ketones is 1. The van der Waals surface area contributed by atoms with Gasteiger partial charge in [-0.05, 0) is 38.8 Å². The second-order valence-corrected chi connectivity index (χ2v) is 6.51. The minimum Gasteiger partial charge on any atom is -0.361 e. The lowest BCUT2D eigenvalue weighted by Gasteiger charge is -2.19. The molecular formula is C19H24N2O2. The Morgan fingerprint density at radius 3 is 2.61 bits per heavy atom. The molecule has 2 aromatic rings. The van der Waals surface area contributed by atoms with Gasteiger partial charge in [-0.1, -0.05) is 30.4 Å². The molecule has 1 aromatic carbocycles. The molecule has 1 aromatic heterocycles. The van der Waals surface area contributed by atoms with Crippen LogP contribution in [-0.4, -0.2) is 22.7 Å². The van der Waals surface area contributed by atoms with Crippen LogP contribution in [0.1, 0.15) is 33.3 Å². The molecule has 0 aliphatic rings. The van der Waals surface area contributed by atoms with Gasteiger partial charge in [0.1, 0.15) is 5.78 Å². The minimum absolute atomic E-state index is 0.0832. The molecule has 1 amide bonds. The molecule has 0 fully saturated rings. The van der Waals surface area contributed by atoms with Crippen LogP contribution in [0, 0.1) is 5.41 Å². The van der Waals surface area contributed by atoms with Crippen molar-refractivity contribution in [1.29, 1.82) is 0 Å². The van der Waals surface area contributed by atoms with Gasteiger partial charge in [0.2, 0.25) is 5.91 Å². The minimum atomic E-state index is -0.531. The maximum absolute atomic E-state index is 11.6. The molecular weight excluding hydrogens is 288 g/mol. The number of benzene rings is 1. The SMILES string of the molecule is CC(=O)N[C@@H](/C=C/C(C)(C)C(C)=O)Cc1c[nH]c2ccccc12. The number of Topliss-reactive ketones (excluding diaryl/α,β-unsaturated/α-hetero) is 1. The molecule has 0 aliphatic carbocycles. The van der Waals surface area contributed by atoms with E-state index in [4.69, 9.17) is 0 Å². The van der Waals surface area contributed by atoms with Crippen LogP contribution in [0.25, 0.3) is 10.9 Å². The Labute approximate surface area is 137 Å². The summed E-state index contributed by atoms with van der Waals surface area (Å²) in [6, 6.07) is 7.94. The number of H-pyrrole nitrogens is 1. The first-order valence-corrected chi connectivity index (χ1v) is 7.82. The number of aromatic amines is 1. The van der Waals surface area contributed by atoms with Gasteiger partial charge in [0.15, 0.2) is 0 Å². The quantitative estimate of drug-likeness (QED) is 0.803. The standard InChI is InChI=1S/C19H24N2O2/c1-13(22)19(3,4)10-9-16(21-14(2)23)11-15-12-20-18-8-6-5-7-17(15)18/h5-10,12,16,20H,11H2,1-4H3,(H,21,23)/b10-9+/t16-/m0/s1. The summed E-state index contributed by atoms with van der Waals surface area (Å²) in [5, 5.41) is 4.10. The molecule has 2 N–H and O–H groups in total. The van der Waals surface area contributed by atoms with Gasteiger partial charge in [0.25, 0.3) is 0 Å². The van der Waals surface area contributed by atoms with Crippen LogP contribution in [0.5, 0.6) is 0 Å². The monoisotopic (exact) mass is 312 g/mol. The third-order valence-corrected chi connectivity index (χ3v) is 4.16. The summed E-state index contributed by atoms with van der Waals surface area (Å²) in [6.45, 7) is 6.84. The third kappa shape index (κ3) is 4.31. The highest BCUT2D eigenvalue weighted by molar-refractivity contribution is 5.84. The second kappa shape index (κ2) is 6.82. The maximum atomic E-state index is 11.6. The van der Waals surface area contributed by atoms with E-state index >= 15 is 0 Å². The summed E-state index contributed by atoms with van der Waals surface area (Å²) < 4.78 is 0. The highest BCUT2D eigenvalue weighted by Crippen LogP contribution is 2.21. The molecule has 1 heterocycles. The molecule has 4 nitrogen and oxygen atoms in total. The van der Waals surface area contributed by atoms with E-state index in [1.807, 2.05) is 50.4 Å². The van der Waals surface area contributed by atoms with Crippen molar-refractivity contribution in [3.8, 4) is 0 Å². The highest BCUT2D eigenvalue weighted by atomic mass is 16.1. The molecule has 0 radical (unpaired) electrons. The van der Waals surface area contributed by atoms with Crippen molar-refractivity contribution < 1.29 is 9.59 Å². The summed E-state index contributed by atoms with van der Waals surface area (Å²) >= 11 is 0. The highest BCUT2D eigenvalue weighted by Gasteiger charge is 2.20. The van der Waals surface area contributed by atoms with E-state index in [2.05, 4.69) is 16.4 Å². The fraction of sp³-hybridized carbons (Fsp3) is 0.368. The number of nitrogens with one attached hydrogen (secondary N) is 2. The predicted octanol–water partition coefficient (Wildman–Crippen LogP) is 3.39. The van der Waals surface area contributed by atoms with Gasteiger partial charge in [-0.15, -0.1) is 0 Å². The Kier molecular flexibility index (Phi) is 5.04. The number of para-hydroxylation sites is 1. The van der Waals surface area contributed by atoms with E-state index < -0.39 is 5.41 Å². The van der Waals surface area contributed by atoms with Gasteiger partial charge in [-0.3, -0.25) is 9.59 Å². The fourth-order valence-electron chi connectivity index (χ4n) is 2.44. The van der Waals surface area contributed by atoms with Crippen LogP contribution in [0.15, 0.2) is 42.6 Å². The van der Waals surface area contributed by atoms with Gasteiger partial charge in [-0.2, -0.15) is 0 Å². The zero-order valence-corrected chi connectivity index (χ0v) is 14.1. The van der Waals surface area contributed by atoms with Crippen LogP contribution in [0.3, 0.4) is 0 Å². The summed E-state index contributed by atoms with van der Waals surface area (Å²) in [4.78, 5) is 26.4. The molecule has 1 atom stereocenters. The Bertz CT molecular complexity index is 741. The molecule has 0 spiro atoms. The lowest BCUT2D eigenvalue weighted by atomic mass is 9.87. The summed E-state index contributed by atoms with van der Waals surface area (Å²) in [6.07, 6.45) is 6.45. The number of allylic oxidation sites excluding steroid dienone is 1. The fourth-order valence-corrected chi connectivity index (χ4v) is 2.44. The number of hydrogen-bond donors (Lipinski definition) is 2. The van der Waals surface area contributed by atoms with Crippen molar-refractivity contribution in [3.63, 3.8) is 0 Å². The molecule has 0 saturated heterocycles. The number of aromatic nitrogens is 1. The van der Waals surface area contributed by atoms with E-state index in [-0.39, 0.29) is 17.7 Å². The van der Waals surface area contributed by atoms with E-state index in [1.165, 1.54) is 6.92 Å². The Balaban J connectivity index is 2.24. The van der Waals surface area contributed by atoms with E-state index in [0.717, 1.165) is 16.5 Å². The predicted molar refractivity (Wildman–Crippen MR) is 93.2 cm³/mol. The summed E-state index contributed by atoms with van der Waals surface area (Å²) in [7, 11) is 0. The normalized spacial score (nSPS) is 13.4. The van der Waals surface area contributed by atoms with E-state index in [9.17, 15) is 9.59 Å².